The van der Waals surface area contributed by atoms with Crippen molar-refractivity contribution in [1.82, 2.24) is 10.0 Å². The Balaban J connectivity index is 1.80. The summed E-state index contributed by atoms with van der Waals surface area (Å²) in [5.41, 5.74) is 2.34. The minimum Gasteiger partial charge on any atom is -0.296 e. The molecule has 4 rings (SSSR count). The molecule has 2 aliphatic rings. The fourth-order valence-electron chi connectivity index (χ4n) is 3.25. The van der Waals surface area contributed by atoms with Crippen molar-refractivity contribution in [2.24, 2.45) is 0 Å². The van der Waals surface area contributed by atoms with Crippen LogP contribution >= 0.6 is 23.8 Å². The molecule has 0 radical (unpaired) electrons. The molecule has 2 heterocycles. The first-order valence-corrected chi connectivity index (χ1v) is 8.22. The number of hydrazine groups is 1. The van der Waals surface area contributed by atoms with E-state index in [0.29, 0.717) is 0 Å². The smallest absolute Gasteiger partial charge is 0.192 e. The predicted molar refractivity (Wildman–Crippen MR) is 93.7 cm³/mol. The maximum atomic E-state index is 6.05. The SMILES string of the molecule is S=C1N(c2ccccc2)[C@H](c2ccc(Cl)cc2)N2CCCN12. The standard InChI is InChI=1S/C17H16ClN3S/c18-14-9-7-13(8-10-14)16-19-11-4-12-20(19)17(22)21(16)15-5-2-1-3-6-15/h1-3,5-10,16H,4,11-12H2/t16-/m1/s1. The molecule has 0 saturated carbocycles. The van der Waals surface area contributed by atoms with Gasteiger partial charge >= 0.3 is 0 Å². The quantitative estimate of drug-likeness (QED) is 0.768. The minimum atomic E-state index is 0.106. The van der Waals surface area contributed by atoms with Crippen LogP contribution in [-0.4, -0.2) is 28.2 Å². The molecule has 2 aliphatic heterocycles. The molecule has 1 atom stereocenters. The van der Waals surface area contributed by atoms with Gasteiger partial charge in [0.05, 0.1) is 0 Å². The van der Waals surface area contributed by atoms with Gasteiger partial charge in [0.25, 0.3) is 0 Å². The van der Waals surface area contributed by atoms with Crippen molar-refractivity contribution >= 4 is 34.6 Å². The number of rotatable bonds is 2. The van der Waals surface area contributed by atoms with Gasteiger partial charge in [-0.1, -0.05) is 41.9 Å². The van der Waals surface area contributed by atoms with Gasteiger partial charge in [0.15, 0.2) is 5.11 Å². The largest absolute Gasteiger partial charge is 0.296 e. The third-order valence-corrected chi connectivity index (χ3v) is 4.88. The van der Waals surface area contributed by atoms with E-state index in [0.717, 1.165) is 35.3 Å². The number of nitrogens with zero attached hydrogens (tertiary/aromatic N) is 3. The highest BCUT2D eigenvalue weighted by Crippen LogP contribution is 2.40. The number of thiocarbonyl (C=S) groups is 1. The van der Waals surface area contributed by atoms with Crippen LogP contribution in [-0.2, 0) is 0 Å². The molecule has 0 aliphatic carbocycles. The summed E-state index contributed by atoms with van der Waals surface area (Å²) in [6.45, 7) is 2.02. The Morgan fingerprint density at radius 2 is 1.68 bits per heavy atom. The second-order valence-electron chi connectivity index (χ2n) is 5.55. The van der Waals surface area contributed by atoms with Crippen LogP contribution in [0.2, 0.25) is 5.02 Å². The lowest BCUT2D eigenvalue weighted by Gasteiger charge is -2.28. The van der Waals surface area contributed by atoms with E-state index in [2.05, 4.69) is 51.3 Å². The van der Waals surface area contributed by atoms with Gasteiger partial charge in [0.1, 0.15) is 6.17 Å². The lowest BCUT2D eigenvalue weighted by atomic mass is 10.1. The molecule has 2 saturated heterocycles. The van der Waals surface area contributed by atoms with Gasteiger partial charge in [0, 0.05) is 23.8 Å². The zero-order valence-electron chi connectivity index (χ0n) is 12.0. The van der Waals surface area contributed by atoms with Crippen LogP contribution in [0, 0.1) is 0 Å². The van der Waals surface area contributed by atoms with Crippen molar-refractivity contribution in [3.63, 3.8) is 0 Å². The first kappa shape index (κ1) is 14.0. The van der Waals surface area contributed by atoms with E-state index in [9.17, 15) is 0 Å². The summed E-state index contributed by atoms with van der Waals surface area (Å²) in [5, 5.41) is 6.22. The monoisotopic (exact) mass is 329 g/mol. The summed E-state index contributed by atoms with van der Waals surface area (Å²) in [4.78, 5) is 2.23. The Hall–Kier alpha value is -1.62. The normalized spacial score (nSPS) is 21.5. The molecule has 0 spiro atoms. The predicted octanol–water partition coefficient (Wildman–Crippen LogP) is 4.07. The highest BCUT2D eigenvalue weighted by Gasteiger charge is 2.45. The molecular formula is C17H16ClN3S. The molecule has 3 nitrogen and oxygen atoms in total. The van der Waals surface area contributed by atoms with Gasteiger partial charge in [0.2, 0.25) is 0 Å². The fourth-order valence-corrected chi connectivity index (χ4v) is 3.78. The molecule has 0 bridgehead atoms. The summed E-state index contributed by atoms with van der Waals surface area (Å²) < 4.78 is 0. The number of halogens is 1. The van der Waals surface area contributed by atoms with E-state index in [-0.39, 0.29) is 6.17 Å². The molecule has 22 heavy (non-hydrogen) atoms. The van der Waals surface area contributed by atoms with Crippen LogP contribution in [0.15, 0.2) is 54.6 Å². The molecule has 5 heteroatoms. The van der Waals surface area contributed by atoms with E-state index in [1.165, 1.54) is 5.56 Å². The van der Waals surface area contributed by atoms with Crippen molar-refractivity contribution in [3.05, 3.63) is 65.2 Å². The topological polar surface area (TPSA) is 9.72 Å². The number of hydrogen-bond acceptors (Lipinski definition) is 2. The Morgan fingerprint density at radius 3 is 2.41 bits per heavy atom. The third-order valence-electron chi connectivity index (χ3n) is 4.22. The minimum absolute atomic E-state index is 0.106. The summed E-state index contributed by atoms with van der Waals surface area (Å²) in [6.07, 6.45) is 1.25. The maximum Gasteiger partial charge on any atom is 0.192 e. The Kier molecular flexibility index (Phi) is 3.53. The molecule has 2 aromatic carbocycles. The number of para-hydroxylation sites is 1. The van der Waals surface area contributed by atoms with Crippen LogP contribution in [0.4, 0.5) is 5.69 Å². The average Bonchev–Trinajstić information content (AvgIpc) is 3.12. The van der Waals surface area contributed by atoms with Crippen LogP contribution in [0.5, 0.6) is 0 Å². The molecule has 2 aromatic rings. The lowest BCUT2D eigenvalue weighted by molar-refractivity contribution is 0.0923. The highest BCUT2D eigenvalue weighted by molar-refractivity contribution is 7.80. The first-order chi connectivity index (χ1) is 10.8. The zero-order valence-corrected chi connectivity index (χ0v) is 13.6. The first-order valence-electron chi connectivity index (χ1n) is 7.43. The average molecular weight is 330 g/mol. The molecule has 2 fully saturated rings. The van der Waals surface area contributed by atoms with Crippen LogP contribution in [0.3, 0.4) is 0 Å². The van der Waals surface area contributed by atoms with Crippen molar-refractivity contribution in [3.8, 4) is 0 Å². The Morgan fingerprint density at radius 1 is 0.955 bits per heavy atom. The van der Waals surface area contributed by atoms with E-state index in [4.69, 9.17) is 23.8 Å². The number of fused-ring (bicyclic) bond motifs is 1. The summed E-state index contributed by atoms with van der Waals surface area (Å²) in [5.74, 6) is 0. The van der Waals surface area contributed by atoms with Gasteiger partial charge in [-0.05, 0) is 48.5 Å². The van der Waals surface area contributed by atoms with Gasteiger partial charge in [-0.3, -0.25) is 9.91 Å². The van der Waals surface area contributed by atoms with Crippen LogP contribution in [0.1, 0.15) is 18.2 Å². The van der Waals surface area contributed by atoms with E-state index in [1.54, 1.807) is 0 Å². The van der Waals surface area contributed by atoms with E-state index < -0.39 is 0 Å². The van der Waals surface area contributed by atoms with Gasteiger partial charge in [-0.25, -0.2) is 0 Å². The zero-order chi connectivity index (χ0) is 15.1. The second kappa shape index (κ2) is 5.54. The van der Waals surface area contributed by atoms with E-state index in [1.807, 2.05) is 18.2 Å². The summed E-state index contributed by atoms with van der Waals surface area (Å²) in [7, 11) is 0. The highest BCUT2D eigenvalue weighted by atomic mass is 35.5. The van der Waals surface area contributed by atoms with Gasteiger partial charge in [-0.2, -0.15) is 5.01 Å². The van der Waals surface area contributed by atoms with Crippen molar-refractivity contribution in [2.45, 2.75) is 12.6 Å². The molecule has 0 N–H and O–H groups in total. The van der Waals surface area contributed by atoms with E-state index >= 15 is 0 Å². The second-order valence-corrected chi connectivity index (χ2v) is 6.35. The summed E-state index contributed by atoms with van der Waals surface area (Å²) >= 11 is 11.8. The van der Waals surface area contributed by atoms with Crippen molar-refractivity contribution in [2.75, 3.05) is 18.0 Å². The lowest BCUT2D eigenvalue weighted by Crippen LogP contribution is -2.32. The van der Waals surface area contributed by atoms with Gasteiger partial charge < -0.3 is 0 Å². The van der Waals surface area contributed by atoms with Crippen molar-refractivity contribution in [1.29, 1.82) is 0 Å². The molecule has 0 aromatic heterocycles. The third kappa shape index (κ3) is 2.19. The molecule has 0 amide bonds. The number of hydrogen-bond donors (Lipinski definition) is 0. The molecular weight excluding hydrogens is 314 g/mol. The Bertz CT molecular complexity index is 689. The molecule has 112 valence electrons. The summed E-state index contributed by atoms with van der Waals surface area (Å²) in [6, 6.07) is 18.4. The van der Waals surface area contributed by atoms with Crippen LogP contribution < -0.4 is 4.90 Å². The van der Waals surface area contributed by atoms with Gasteiger partial charge in [-0.15, -0.1) is 0 Å². The fraction of sp³-hybridized carbons (Fsp3) is 0.235. The van der Waals surface area contributed by atoms with Crippen LogP contribution in [0.25, 0.3) is 0 Å². The number of benzene rings is 2. The van der Waals surface area contributed by atoms with Crippen molar-refractivity contribution < 1.29 is 0 Å². The molecule has 0 unspecified atom stereocenters. The number of anilines is 1. The Labute approximate surface area is 140 Å². The maximum absolute atomic E-state index is 6.05.